The summed E-state index contributed by atoms with van der Waals surface area (Å²) in [6.07, 6.45) is 4.51. The number of carbonyl (C=O) groups excluding carboxylic acids is 3. The van der Waals surface area contributed by atoms with Gasteiger partial charge in [0.05, 0.1) is 24.8 Å². The summed E-state index contributed by atoms with van der Waals surface area (Å²) in [7, 11) is 1.65. The zero-order valence-corrected chi connectivity index (χ0v) is 21.0. The molecular formula is C27H37NO6. The van der Waals surface area contributed by atoms with Crippen molar-refractivity contribution in [2.24, 2.45) is 5.92 Å². The number of nitrogens with zero attached hydrogens (tertiary/aromatic N) is 1. The van der Waals surface area contributed by atoms with Gasteiger partial charge in [0, 0.05) is 45.2 Å². The number of fused-ring (bicyclic) bond motifs is 3. The Bertz CT molecular complexity index is 951. The van der Waals surface area contributed by atoms with Gasteiger partial charge in [0.25, 0.3) is 0 Å². The maximum absolute atomic E-state index is 13.0. The minimum absolute atomic E-state index is 0.0365. The van der Waals surface area contributed by atoms with E-state index in [1.54, 1.807) is 20.2 Å². The number of hydrogen-bond acceptors (Lipinski definition) is 7. The van der Waals surface area contributed by atoms with Crippen LogP contribution in [0.25, 0.3) is 0 Å². The topological polar surface area (TPSA) is 82.1 Å². The molecule has 0 amide bonds. The van der Waals surface area contributed by atoms with E-state index in [9.17, 15) is 14.4 Å². The molecule has 2 aliphatic heterocycles. The monoisotopic (exact) mass is 471 g/mol. The molecule has 2 aliphatic rings. The second-order valence-corrected chi connectivity index (χ2v) is 9.28. The first-order valence-electron chi connectivity index (χ1n) is 12.3. The Labute approximate surface area is 202 Å². The zero-order valence-electron chi connectivity index (χ0n) is 21.0. The number of Topliss-reactive ketones (excluding diaryl/α,β-unsaturated/α-hetero) is 2. The summed E-state index contributed by atoms with van der Waals surface area (Å²) in [4.78, 5) is 40.5. The van der Waals surface area contributed by atoms with E-state index >= 15 is 0 Å². The Hall–Kier alpha value is -2.67. The van der Waals surface area contributed by atoms with Crippen LogP contribution in [-0.2, 0) is 25.5 Å². The van der Waals surface area contributed by atoms with Crippen molar-refractivity contribution in [1.29, 1.82) is 0 Å². The lowest BCUT2D eigenvalue weighted by atomic mass is 9.79. The molecule has 1 aromatic carbocycles. The summed E-state index contributed by atoms with van der Waals surface area (Å²) in [6, 6.07) is 3.79. The summed E-state index contributed by atoms with van der Waals surface area (Å²) in [5.74, 6) is 0.133. The Morgan fingerprint density at radius 2 is 1.91 bits per heavy atom. The van der Waals surface area contributed by atoms with Gasteiger partial charge in [-0.3, -0.25) is 9.59 Å². The molecule has 1 aromatic rings. The van der Waals surface area contributed by atoms with Crippen LogP contribution in [0.5, 0.6) is 5.75 Å². The molecule has 7 heteroatoms. The first-order chi connectivity index (χ1) is 16.3. The van der Waals surface area contributed by atoms with Crippen molar-refractivity contribution in [3.8, 4) is 5.75 Å². The summed E-state index contributed by atoms with van der Waals surface area (Å²) in [6.45, 7) is 9.27. The molecule has 2 unspecified atom stereocenters. The fourth-order valence-corrected chi connectivity index (χ4v) is 4.80. The van der Waals surface area contributed by atoms with Crippen molar-refractivity contribution in [2.75, 3.05) is 26.9 Å². The second kappa shape index (κ2) is 11.6. The molecule has 0 saturated carbocycles. The molecule has 0 N–H and O–H groups in total. The fourth-order valence-electron chi connectivity index (χ4n) is 4.80. The van der Waals surface area contributed by atoms with E-state index in [1.165, 1.54) is 0 Å². The fraction of sp³-hybridized carbons (Fsp3) is 0.593. The first kappa shape index (κ1) is 25.9. The predicted molar refractivity (Wildman–Crippen MR) is 129 cm³/mol. The average molecular weight is 472 g/mol. The third kappa shape index (κ3) is 5.52. The van der Waals surface area contributed by atoms with Crippen LogP contribution in [0.4, 0.5) is 0 Å². The molecule has 0 saturated heterocycles. The molecular weight excluding hydrogens is 434 g/mol. The largest absolute Gasteiger partial charge is 0.493 e. The average Bonchev–Trinajstić information content (AvgIpc) is 2.80. The van der Waals surface area contributed by atoms with E-state index in [1.807, 2.05) is 19.1 Å². The van der Waals surface area contributed by atoms with Crippen molar-refractivity contribution in [3.63, 3.8) is 0 Å². The smallest absolute Gasteiger partial charge is 0.343 e. The molecule has 34 heavy (non-hydrogen) atoms. The van der Waals surface area contributed by atoms with E-state index in [0.717, 1.165) is 30.4 Å². The van der Waals surface area contributed by atoms with Crippen molar-refractivity contribution in [1.82, 2.24) is 4.90 Å². The van der Waals surface area contributed by atoms with Crippen LogP contribution in [0.15, 0.2) is 23.9 Å². The Kier molecular flexibility index (Phi) is 8.89. The van der Waals surface area contributed by atoms with Gasteiger partial charge in [0.2, 0.25) is 0 Å². The van der Waals surface area contributed by atoms with Crippen LogP contribution in [0.2, 0.25) is 0 Å². The van der Waals surface area contributed by atoms with E-state index in [0.29, 0.717) is 30.9 Å². The second-order valence-electron chi connectivity index (χ2n) is 9.28. The summed E-state index contributed by atoms with van der Waals surface area (Å²) in [5.41, 5.74) is 2.73. The van der Waals surface area contributed by atoms with Gasteiger partial charge in [-0.25, -0.2) is 4.79 Å². The molecule has 2 atom stereocenters. The molecule has 2 heterocycles. The van der Waals surface area contributed by atoms with Crippen LogP contribution in [0.3, 0.4) is 0 Å². The van der Waals surface area contributed by atoms with Gasteiger partial charge in [-0.2, -0.15) is 0 Å². The predicted octanol–water partition coefficient (Wildman–Crippen LogP) is 4.43. The van der Waals surface area contributed by atoms with E-state index in [2.05, 4.69) is 18.7 Å². The number of carbonyl (C=O) groups is 3. The number of ketones is 2. The maximum Gasteiger partial charge on any atom is 0.343 e. The molecule has 186 valence electrons. The molecule has 0 radical (unpaired) electrons. The van der Waals surface area contributed by atoms with Crippen LogP contribution < -0.4 is 4.74 Å². The Morgan fingerprint density at radius 1 is 1.15 bits per heavy atom. The number of rotatable bonds is 11. The highest BCUT2D eigenvalue weighted by Crippen LogP contribution is 2.43. The number of ether oxygens (including phenoxy) is 3. The van der Waals surface area contributed by atoms with E-state index < -0.39 is 5.97 Å². The molecule has 0 fully saturated rings. The summed E-state index contributed by atoms with van der Waals surface area (Å²) in [5, 5.41) is 0. The van der Waals surface area contributed by atoms with Gasteiger partial charge in [-0.15, -0.1) is 0 Å². The van der Waals surface area contributed by atoms with Crippen molar-refractivity contribution < 1.29 is 28.6 Å². The van der Waals surface area contributed by atoms with Crippen LogP contribution in [-0.4, -0.2) is 55.4 Å². The van der Waals surface area contributed by atoms with Gasteiger partial charge in [-0.05, 0) is 48.9 Å². The third-order valence-corrected chi connectivity index (χ3v) is 6.52. The highest BCUT2D eigenvalue weighted by atomic mass is 16.5. The van der Waals surface area contributed by atoms with Gasteiger partial charge in [-0.1, -0.05) is 20.8 Å². The lowest BCUT2D eigenvalue weighted by Gasteiger charge is -2.47. The summed E-state index contributed by atoms with van der Waals surface area (Å²) < 4.78 is 16.3. The summed E-state index contributed by atoms with van der Waals surface area (Å²) >= 11 is 0. The number of benzene rings is 1. The normalized spacial score (nSPS) is 19.4. The van der Waals surface area contributed by atoms with Gasteiger partial charge in [0.15, 0.2) is 11.6 Å². The third-order valence-electron chi connectivity index (χ3n) is 6.52. The number of methoxy groups -OCH3 is 1. The highest BCUT2D eigenvalue weighted by Gasteiger charge is 2.41. The molecule has 0 spiro atoms. The Morgan fingerprint density at radius 3 is 2.56 bits per heavy atom. The number of hydrogen-bond donors (Lipinski definition) is 0. The minimum atomic E-state index is -0.571. The lowest BCUT2D eigenvalue weighted by Crippen LogP contribution is -2.47. The molecule has 3 rings (SSSR count). The zero-order chi connectivity index (χ0) is 24.8. The van der Waals surface area contributed by atoms with Crippen molar-refractivity contribution in [2.45, 2.75) is 71.9 Å². The van der Waals surface area contributed by atoms with Crippen LogP contribution in [0, 0.1) is 5.92 Å². The Balaban J connectivity index is 2.05. The number of esters is 1. The minimum Gasteiger partial charge on any atom is -0.493 e. The SMILES string of the molecule is CCCC(=O)c1cc2c(cc1OCCCOC)CC(C(C)C)N1C=C(C(=O)OCC)C(=O)CC21. The van der Waals surface area contributed by atoms with Crippen molar-refractivity contribution in [3.05, 3.63) is 40.6 Å². The van der Waals surface area contributed by atoms with E-state index in [4.69, 9.17) is 14.2 Å². The lowest BCUT2D eigenvalue weighted by molar-refractivity contribution is -0.140. The van der Waals surface area contributed by atoms with Gasteiger partial charge in [0.1, 0.15) is 11.3 Å². The van der Waals surface area contributed by atoms with Crippen molar-refractivity contribution >= 4 is 17.5 Å². The molecule has 7 nitrogen and oxygen atoms in total. The molecule has 0 aromatic heterocycles. The molecule has 0 aliphatic carbocycles. The maximum atomic E-state index is 13.0. The standard InChI is InChI=1S/C27H37NO6/c1-6-9-24(29)20-14-19-18(13-26(20)34-11-8-10-32-5)12-22(17(3)4)28-16-21(27(31)33-7-2)25(30)15-23(19)28/h13-14,16-17,22-23H,6-12,15H2,1-5H3. The highest BCUT2D eigenvalue weighted by molar-refractivity contribution is 6.17. The van der Waals surface area contributed by atoms with Crippen LogP contribution in [0.1, 0.15) is 80.9 Å². The quantitative estimate of drug-likeness (QED) is 0.204. The first-order valence-corrected chi connectivity index (χ1v) is 12.3. The van der Waals surface area contributed by atoms with Gasteiger partial charge >= 0.3 is 5.97 Å². The van der Waals surface area contributed by atoms with E-state index in [-0.39, 0.29) is 48.2 Å². The van der Waals surface area contributed by atoms with Gasteiger partial charge < -0.3 is 19.1 Å². The molecule has 0 bridgehead atoms. The van der Waals surface area contributed by atoms with Crippen LogP contribution >= 0.6 is 0 Å².